The number of aliphatic hydroxyl groups is 1. The lowest BCUT2D eigenvalue weighted by Crippen LogP contribution is -2.40. The van der Waals surface area contributed by atoms with Gasteiger partial charge >= 0.3 is 0 Å². The van der Waals surface area contributed by atoms with E-state index in [2.05, 4.69) is 11.8 Å². The molecule has 0 bridgehead atoms. The van der Waals surface area contributed by atoms with Crippen molar-refractivity contribution in [2.45, 2.75) is 31.8 Å². The third kappa shape index (κ3) is 2.77. The second kappa shape index (κ2) is 4.04. The molecular weight excluding hydrogens is 140 g/mol. The third-order valence-electron chi connectivity index (χ3n) is 2.17. The third-order valence-corrected chi connectivity index (χ3v) is 2.17. The topological polar surface area (TPSA) is 49.5 Å². The van der Waals surface area contributed by atoms with E-state index in [1.165, 1.54) is 12.8 Å². The summed E-state index contributed by atoms with van der Waals surface area (Å²) in [5.74, 6) is 0. The molecule has 66 valence electrons. The minimum absolute atomic E-state index is 0.0597. The van der Waals surface area contributed by atoms with Crippen LogP contribution in [0.5, 0.6) is 0 Å². The van der Waals surface area contributed by atoms with Crippen molar-refractivity contribution in [3.05, 3.63) is 0 Å². The second-order valence-corrected chi connectivity index (χ2v) is 3.26. The van der Waals surface area contributed by atoms with Crippen LogP contribution in [0.2, 0.25) is 0 Å². The van der Waals surface area contributed by atoms with Crippen LogP contribution in [0.1, 0.15) is 19.8 Å². The van der Waals surface area contributed by atoms with E-state index in [4.69, 9.17) is 10.8 Å². The van der Waals surface area contributed by atoms with Gasteiger partial charge in [0.15, 0.2) is 0 Å². The predicted octanol–water partition coefficient (Wildman–Crippen LogP) is -0.210. The van der Waals surface area contributed by atoms with Crippen LogP contribution < -0.4 is 5.73 Å². The summed E-state index contributed by atoms with van der Waals surface area (Å²) in [6.07, 6.45) is 2.62. The van der Waals surface area contributed by atoms with Crippen molar-refractivity contribution < 1.29 is 5.11 Å². The molecule has 0 spiro atoms. The lowest BCUT2D eigenvalue weighted by molar-refractivity contribution is 0.201. The fourth-order valence-electron chi connectivity index (χ4n) is 1.34. The van der Waals surface area contributed by atoms with Crippen LogP contribution in [0, 0.1) is 0 Å². The zero-order valence-electron chi connectivity index (χ0n) is 7.16. The number of likely N-dealkylation sites (N-methyl/N-ethyl adjacent to an activating group) is 1. The molecule has 1 fully saturated rings. The summed E-state index contributed by atoms with van der Waals surface area (Å²) in [5, 5.41) is 8.73. The van der Waals surface area contributed by atoms with Gasteiger partial charge in [-0.2, -0.15) is 0 Å². The predicted molar refractivity (Wildman–Crippen MR) is 45.3 cm³/mol. The molecule has 0 heterocycles. The molecule has 0 aromatic heterocycles. The van der Waals surface area contributed by atoms with E-state index in [0.29, 0.717) is 0 Å². The van der Waals surface area contributed by atoms with Crippen molar-refractivity contribution in [2.24, 2.45) is 5.73 Å². The lowest BCUT2D eigenvalue weighted by atomic mass is 10.3. The second-order valence-electron chi connectivity index (χ2n) is 3.26. The minimum Gasteiger partial charge on any atom is -0.395 e. The van der Waals surface area contributed by atoms with Gasteiger partial charge in [0.1, 0.15) is 0 Å². The molecule has 1 aliphatic rings. The van der Waals surface area contributed by atoms with Gasteiger partial charge in [0.25, 0.3) is 0 Å². The summed E-state index contributed by atoms with van der Waals surface area (Å²) >= 11 is 0. The molecule has 0 amide bonds. The first kappa shape index (κ1) is 8.97. The SMILES string of the molecule is CCN(CC(N)CO)C1CC1. The Hall–Kier alpha value is -0.120. The van der Waals surface area contributed by atoms with E-state index in [1.54, 1.807) is 0 Å². The first-order chi connectivity index (χ1) is 5.27. The average molecular weight is 158 g/mol. The Bertz CT molecular complexity index is 115. The number of nitrogens with zero attached hydrogens (tertiary/aromatic N) is 1. The molecule has 11 heavy (non-hydrogen) atoms. The maximum atomic E-state index is 8.73. The summed E-state index contributed by atoms with van der Waals surface area (Å²) in [5.41, 5.74) is 5.62. The molecule has 0 saturated heterocycles. The summed E-state index contributed by atoms with van der Waals surface area (Å²) in [7, 11) is 0. The molecule has 1 saturated carbocycles. The highest BCUT2D eigenvalue weighted by molar-refractivity contribution is 4.85. The first-order valence-electron chi connectivity index (χ1n) is 4.38. The quantitative estimate of drug-likeness (QED) is 0.582. The number of hydrogen-bond donors (Lipinski definition) is 2. The Kier molecular flexibility index (Phi) is 3.30. The smallest absolute Gasteiger partial charge is 0.0595 e. The van der Waals surface area contributed by atoms with Crippen LogP contribution in [0.25, 0.3) is 0 Å². The van der Waals surface area contributed by atoms with E-state index in [-0.39, 0.29) is 12.6 Å². The lowest BCUT2D eigenvalue weighted by Gasteiger charge is -2.22. The normalized spacial score (nSPS) is 20.7. The summed E-state index contributed by atoms with van der Waals surface area (Å²) in [6, 6.07) is 0.702. The average Bonchev–Trinajstić information content (AvgIpc) is 2.82. The maximum absolute atomic E-state index is 8.73. The number of hydrogen-bond acceptors (Lipinski definition) is 3. The molecule has 1 atom stereocenters. The van der Waals surface area contributed by atoms with Gasteiger partial charge < -0.3 is 10.8 Å². The summed E-state index contributed by atoms with van der Waals surface area (Å²) < 4.78 is 0. The minimum atomic E-state index is -0.0597. The van der Waals surface area contributed by atoms with Gasteiger partial charge in [-0.1, -0.05) is 6.92 Å². The molecule has 3 heteroatoms. The Labute approximate surface area is 68.2 Å². The van der Waals surface area contributed by atoms with Gasteiger partial charge in [-0.25, -0.2) is 0 Å². The zero-order valence-corrected chi connectivity index (χ0v) is 7.16. The van der Waals surface area contributed by atoms with Crippen LogP contribution in [0.3, 0.4) is 0 Å². The molecule has 1 rings (SSSR count). The summed E-state index contributed by atoms with van der Waals surface area (Å²) in [4.78, 5) is 2.35. The Balaban J connectivity index is 2.19. The zero-order chi connectivity index (χ0) is 8.27. The molecular formula is C8H18N2O. The van der Waals surface area contributed by atoms with Crippen molar-refractivity contribution >= 4 is 0 Å². The van der Waals surface area contributed by atoms with Crippen molar-refractivity contribution in [2.75, 3.05) is 19.7 Å². The number of nitrogens with two attached hydrogens (primary N) is 1. The van der Waals surface area contributed by atoms with Crippen molar-refractivity contribution in [3.8, 4) is 0 Å². The first-order valence-corrected chi connectivity index (χ1v) is 4.38. The Morgan fingerprint density at radius 1 is 1.64 bits per heavy atom. The monoisotopic (exact) mass is 158 g/mol. The van der Waals surface area contributed by atoms with Crippen molar-refractivity contribution in [1.82, 2.24) is 4.90 Å². The molecule has 0 aliphatic heterocycles. The molecule has 3 N–H and O–H groups in total. The van der Waals surface area contributed by atoms with E-state index in [0.717, 1.165) is 19.1 Å². The highest BCUT2D eigenvalue weighted by atomic mass is 16.3. The van der Waals surface area contributed by atoms with Crippen molar-refractivity contribution in [1.29, 1.82) is 0 Å². The standard InChI is InChI=1S/C8H18N2O/c1-2-10(8-3-4-8)5-7(9)6-11/h7-8,11H,2-6,9H2,1H3. The largest absolute Gasteiger partial charge is 0.395 e. The Morgan fingerprint density at radius 2 is 2.27 bits per heavy atom. The van der Waals surface area contributed by atoms with Crippen molar-refractivity contribution in [3.63, 3.8) is 0 Å². The maximum Gasteiger partial charge on any atom is 0.0595 e. The molecule has 3 nitrogen and oxygen atoms in total. The van der Waals surface area contributed by atoms with E-state index in [1.807, 2.05) is 0 Å². The molecule has 0 aromatic rings. The number of rotatable bonds is 5. The van der Waals surface area contributed by atoms with Crippen LogP contribution in [-0.2, 0) is 0 Å². The fourth-order valence-corrected chi connectivity index (χ4v) is 1.34. The van der Waals surface area contributed by atoms with Gasteiger partial charge in [0.2, 0.25) is 0 Å². The molecule has 0 radical (unpaired) electrons. The van der Waals surface area contributed by atoms with E-state index >= 15 is 0 Å². The highest BCUT2D eigenvalue weighted by Crippen LogP contribution is 2.26. The molecule has 1 unspecified atom stereocenters. The van der Waals surface area contributed by atoms with Gasteiger partial charge in [0, 0.05) is 18.6 Å². The van der Waals surface area contributed by atoms with Crippen LogP contribution in [-0.4, -0.2) is 41.8 Å². The van der Waals surface area contributed by atoms with E-state index in [9.17, 15) is 0 Å². The van der Waals surface area contributed by atoms with Crippen LogP contribution >= 0.6 is 0 Å². The number of aliphatic hydroxyl groups excluding tert-OH is 1. The van der Waals surface area contributed by atoms with E-state index < -0.39 is 0 Å². The fraction of sp³-hybridized carbons (Fsp3) is 1.00. The van der Waals surface area contributed by atoms with Gasteiger partial charge in [0.05, 0.1) is 6.61 Å². The van der Waals surface area contributed by atoms with Gasteiger partial charge in [-0.05, 0) is 19.4 Å². The van der Waals surface area contributed by atoms with Gasteiger partial charge in [-0.15, -0.1) is 0 Å². The van der Waals surface area contributed by atoms with Crippen LogP contribution in [0.15, 0.2) is 0 Å². The highest BCUT2D eigenvalue weighted by Gasteiger charge is 2.28. The molecule has 0 aromatic carbocycles. The van der Waals surface area contributed by atoms with Gasteiger partial charge in [-0.3, -0.25) is 4.90 Å². The Morgan fingerprint density at radius 3 is 2.64 bits per heavy atom. The summed E-state index contributed by atoms with van der Waals surface area (Å²) in [6.45, 7) is 4.14. The van der Waals surface area contributed by atoms with Crippen LogP contribution in [0.4, 0.5) is 0 Å². The molecule has 1 aliphatic carbocycles.